The van der Waals surface area contributed by atoms with E-state index in [1.165, 1.54) is 80.6 Å². The molecule has 5 aromatic rings. The Hall–Kier alpha value is -4.20. The summed E-state index contributed by atoms with van der Waals surface area (Å²) < 4.78 is 5.93. The first-order chi connectivity index (χ1) is 31.4. The van der Waals surface area contributed by atoms with E-state index in [0.717, 1.165) is 64.8 Å². The van der Waals surface area contributed by atoms with E-state index >= 15 is 0 Å². The molecule has 2 unspecified atom stereocenters. The smallest absolute Gasteiger partial charge is 0.246 e. The molecule has 342 valence electrons. The quantitative estimate of drug-likeness (QED) is 0.0314. The lowest BCUT2D eigenvalue weighted by atomic mass is 9.47. The summed E-state index contributed by atoms with van der Waals surface area (Å²) in [4.78, 5) is 17.8. The van der Waals surface area contributed by atoms with Gasteiger partial charge >= 0.3 is 0 Å². The molecule has 0 saturated carbocycles. The van der Waals surface area contributed by atoms with E-state index in [0.29, 0.717) is 54.2 Å². The average molecular weight is 872 g/mol. The summed E-state index contributed by atoms with van der Waals surface area (Å²) in [7, 11) is 5.13. The summed E-state index contributed by atoms with van der Waals surface area (Å²) in [6, 6.07) is 36.3. The highest BCUT2D eigenvalue weighted by Gasteiger charge is 2.31. The molecule has 0 aromatic heterocycles. The van der Waals surface area contributed by atoms with Crippen molar-refractivity contribution in [1.82, 2.24) is 15.1 Å². The highest BCUT2D eigenvalue weighted by Crippen LogP contribution is 2.42. The number of carbonyl (C=O) groups excluding carboxylic acids is 1. The van der Waals surface area contributed by atoms with Crippen molar-refractivity contribution in [2.24, 2.45) is 10.8 Å². The third kappa shape index (κ3) is 13.0. The van der Waals surface area contributed by atoms with E-state index in [4.69, 9.17) is 4.74 Å². The van der Waals surface area contributed by atoms with Crippen molar-refractivity contribution in [3.63, 3.8) is 0 Å². The molecule has 0 aliphatic carbocycles. The molecule has 65 heavy (non-hydrogen) atoms. The second-order valence-electron chi connectivity index (χ2n) is 20.6. The Morgan fingerprint density at radius 1 is 0.692 bits per heavy atom. The summed E-state index contributed by atoms with van der Waals surface area (Å²) in [6.45, 7) is 22.1. The molecule has 2 aliphatic heterocycles. The Labute approximate surface area is 393 Å². The highest BCUT2D eigenvalue weighted by molar-refractivity contribution is 6.38. The monoisotopic (exact) mass is 872 g/mol. The number of nitrogens with zero attached hydrogens (tertiary/aromatic N) is 2. The van der Waals surface area contributed by atoms with Crippen LogP contribution in [0.25, 0.3) is 21.5 Å². The number of nitrogens with one attached hydrogen (secondary N) is 1. The number of aliphatic hydroxyl groups is 1. The third-order valence-electron chi connectivity index (χ3n) is 14.6. The first-order valence-electron chi connectivity index (χ1n) is 24.8. The van der Waals surface area contributed by atoms with Gasteiger partial charge in [-0.15, -0.1) is 0 Å². The molecule has 2 fully saturated rings. The molecular formula is C57H75B2N3O3. The number of hydrogen-bond acceptors (Lipinski definition) is 5. The number of rotatable bonds is 22. The van der Waals surface area contributed by atoms with Crippen LogP contribution in [-0.2, 0) is 35.6 Å². The molecule has 7 rings (SSSR count). The Kier molecular flexibility index (Phi) is 17.2. The van der Waals surface area contributed by atoms with E-state index in [2.05, 4.69) is 161 Å². The maximum atomic E-state index is 12.7. The minimum absolute atomic E-state index is 0.0284. The van der Waals surface area contributed by atoms with Crippen LogP contribution in [0.2, 0.25) is 12.6 Å². The Morgan fingerprint density at radius 2 is 1.20 bits per heavy atom. The van der Waals surface area contributed by atoms with E-state index in [1.807, 2.05) is 6.92 Å². The number of ether oxygens (including phenoxy) is 1. The van der Waals surface area contributed by atoms with Crippen LogP contribution < -0.4 is 5.32 Å². The van der Waals surface area contributed by atoms with Gasteiger partial charge in [-0.25, -0.2) is 0 Å². The molecule has 2 radical (unpaired) electrons. The lowest BCUT2D eigenvalue weighted by Gasteiger charge is -2.35. The minimum atomic E-state index is -0.0366. The van der Waals surface area contributed by atoms with E-state index < -0.39 is 0 Å². The summed E-state index contributed by atoms with van der Waals surface area (Å²) in [6.07, 6.45) is 9.59. The standard InChI is InChI=1S/C57H75B2N3O3/c1-7-42(2)55(64)60-30-16-31-61(37-43-17-8-10-19-45(43)53-25-28-56(3,4)40-58-53)32-27-51-47-21-12-14-23-49(47)52(50-24-15-13-22-48(50)51)39-62(33-35-65-36-34-63)38-44-18-9-11-20-46(44)54-26-29-57(5,6)41-59-54/h8-15,17-24,53-54,63H,2,7,16,25-41H2,1,3-6H3,(H,60,64). The molecule has 6 nitrogen and oxygen atoms in total. The molecule has 2 saturated heterocycles. The van der Waals surface area contributed by atoms with Gasteiger partial charge in [-0.2, -0.15) is 0 Å². The minimum Gasteiger partial charge on any atom is -0.394 e. The highest BCUT2D eigenvalue weighted by atomic mass is 16.5. The fourth-order valence-electron chi connectivity index (χ4n) is 10.5. The lowest BCUT2D eigenvalue weighted by Crippen LogP contribution is -2.32. The van der Waals surface area contributed by atoms with Gasteiger partial charge in [0.1, 0.15) is 14.6 Å². The summed E-state index contributed by atoms with van der Waals surface area (Å²) in [5, 5.41) is 17.9. The number of hydrogen-bond donors (Lipinski definition) is 2. The SMILES string of the molecule is C=C(CC)C(=O)NCCCN(CCc1c2ccccc2c(CN(CCOCCO)Cc2ccccc2C2[B]CC(C)(C)CC2)c2ccccc12)Cc1ccccc1C1[B]CC(C)(C)CC1. The summed E-state index contributed by atoms with van der Waals surface area (Å²) >= 11 is 0. The van der Waals surface area contributed by atoms with Crippen molar-refractivity contribution in [2.75, 3.05) is 46.0 Å². The Balaban J connectivity index is 1.18. The second kappa shape index (κ2) is 23.0. The number of benzene rings is 5. The molecule has 2 heterocycles. The van der Waals surface area contributed by atoms with Crippen molar-refractivity contribution in [3.05, 3.63) is 143 Å². The molecule has 5 aromatic carbocycles. The molecule has 2 aliphatic rings. The van der Waals surface area contributed by atoms with Gasteiger partial charge in [0.2, 0.25) is 5.91 Å². The van der Waals surface area contributed by atoms with Crippen LogP contribution in [0.3, 0.4) is 0 Å². The largest absolute Gasteiger partial charge is 0.394 e. The molecule has 8 heteroatoms. The van der Waals surface area contributed by atoms with Crippen LogP contribution in [0.4, 0.5) is 0 Å². The zero-order chi connectivity index (χ0) is 45.8. The fraction of sp³-hybridized carbons (Fsp3) is 0.491. The summed E-state index contributed by atoms with van der Waals surface area (Å²) in [5.41, 5.74) is 9.85. The predicted octanol–water partition coefficient (Wildman–Crippen LogP) is 11.5. The van der Waals surface area contributed by atoms with Gasteiger partial charge in [0.25, 0.3) is 0 Å². The van der Waals surface area contributed by atoms with Gasteiger partial charge in [-0.3, -0.25) is 14.6 Å². The number of carbonyl (C=O) groups is 1. The molecule has 0 spiro atoms. The van der Waals surface area contributed by atoms with E-state index in [9.17, 15) is 9.90 Å². The van der Waals surface area contributed by atoms with E-state index in [1.54, 1.807) is 0 Å². The first kappa shape index (κ1) is 48.7. The van der Waals surface area contributed by atoms with Crippen LogP contribution in [0.5, 0.6) is 0 Å². The lowest BCUT2D eigenvalue weighted by molar-refractivity contribution is -0.117. The topological polar surface area (TPSA) is 65.0 Å². The average Bonchev–Trinajstić information content (AvgIpc) is 3.31. The van der Waals surface area contributed by atoms with Gasteiger partial charge in [-0.05, 0) is 109 Å². The molecule has 0 bridgehead atoms. The number of aliphatic hydroxyl groups excluding tert-OH is 1. The van der Waals surface area contributed by atoms with Crippen molar-refractivity contribution >= 4 is 42.0 Å². The van der Waals surface area contributed by atoms with Crippen molar-refractivity contribution in [3.8, 4) is 0 Å². The van der Waals surface area contributed by atoms with Crippen LogP contribution in [-0.4, -0.2) is 81.4 Å². The number of fused-ring (bicyclic) bond motifs is 2. The van der Waals surface area contributed by atoms with Gasteiger partial charge in [0, 0.05) is 51.4 Å². The predicted molar refractivity (Wildman–Crippen MR) is 275 cm³/mol. The molecular weight excluding hydrogens is 796 g/mol. The van der Waals surface area contributed by atoms with Crippen LogP contribution in [0, 0.1) is 10.8 Å². The normalized spacial score (nSPS) is 18.2. The molecule has 1 amide bonds. The fourth-order valence-corrected chi connectivity index (χ4v) is 10.5. The van der Waals surface area contributed by atoms with Crippen LogP contribution in [0.1, 0.15) is 118 Å². The molecule has 2 N–H and O–H groups in total. The van der Waals surface area contributed by atoms with Gasteiger partial charge in [0.15, 0.2) is 0 Å². The van der Waals surface area contributed by atoms with Crippen LogP contribution >= 0.6 is 0 Å². The van der Waals surface area contributed by atoms with Crippen molar-refractivity contribution in [1.29, 1.82) is 0 Å². The molecule has 2 atom stereocenters. The Morgan fingerprint density at radius 3 is 1.71 bits per heavy atom. The third-order valence-corrected chi connectivity index (χ3v) is 14.6. The second-order valence-corrected chi connectivity index (χ2v) is 20.6. The van der Waals surface area contributed by atoms with Gasteiger partial charge in [0.05, 0.1) is 19.8 Å². The maximum Gasteiger partial charge on any atom is 0.246 e. The first-order valence-corrected chi connectivity index (χ1v) is 24.8. The number of amides is 1. The van der Waals surface area contributed by atoms with Crippen molar-refractivity contribution < 1.29 is 14.6 Å². The van der Waals surface area contributed by atoms with E-state index in [-0.39, 0.29) is 12.5 Å². The maximum absolute atomic E-state index is 12.7. The summed E-state index contributed by atoms with van der Waals surface area (Å²) in [5.74, 6) is 0.914. The van der Waals surface area contributed by atoms with Gasteiger partial charge in [-0.1, -0.05) is 164 Å². The van der Waals surface area contributed by atoms with Crippen molar-refractivity contribution in [2.45, 2.75) is 123 Å². The Bertz CT molecular complexity index is 2280. The zero-order valence-corrected chi connectivity index (χ0v) is 40.3. The van der Waals surface area contributed by atoms with Gasteiger partial charge < -0.3 is 15.2 Å². The zero-order valence-electron chi connectivity index (χ0n) is 40.3. The van der Waals surface area contributed by atoms with Crippen LogP contribution in [0.15, 0.2) is 109 Å².